The summed E-state index contributed by atoms with van der Waals surface area (Å²) in [5, 5.41) is 3.17. The highest BCUT2D eigenvalue weighted by atomic mass is 127. The average molecular weight is 471 g/mol. The van der Waals surface area contributed by atoms with E-state index in [4.69, 9.17) is 0 Å². The van der Waals surface area contributed by atoms with Crippen molar-refractivity contribution in [3.05, 3.63) is 18.2 Å². The van der Waals surface area contributed by atoms with Crippen LogP contribution in [0.15, 0.2) is 17.4 Å². The molecule has 0 aromatic carbocycles. The van der Waals surface area contributed by atoms with Gasteiger partial charge in [-0.25, -0.2) is 4.98 Å². The van der Waals surface area contributed by atoms with Gasteiger partial charge in [0.05, 0.1) is 6.54 Å². The topological polar surface area (TPSA) is 45.5 Å². The van der Waals surface area contributed by atoms with Crippen molar-refractivity contribution in [3.8, 4) is 0 Å². The van der Waals surface area contributed by atoms with Gasteiger partial charge in [0.2, 0.25) is 0 Å². The van der Waals surface area contributed by atoms with Crippen LogP contribution >= 0.6 is 24.0 Å². The number of aliphatic imine (C=N–C) groups is 1. The van der Waals surface area contributed by atoms with Gasteiger partial charge < -0.3 is 14.8 Å². The van der Waals surface area contributed by atoms with Crippen LogP contribution in [0.25, 0.3) is 0 Å². The van der Waals surface area contributed by atoms with E-state index < -0.39 is 12.7 Å². The van der Waals surface area contributed by atoms with Crippen molar-refractivity contribution in [1.29, 1.82) is 0 Å². The number of halogens is 4. The van der Waals surface area contributed by atoms with E-state index in [1.165, 1.54) is 38.1 Å². The summed E-state index contributed by atoms with van der Waals surface area (Å²) in [6, 6.07) is 0. The molecule has 0 radical (unpaired) electrons. The number of imidazole rings is 1. The molecule has 2 unspecified atom stereocenters. The Morgan fingerprint density at radius 1 is 1.28 bits per heavy atom. The minimum absolute atomic E-state index is 0. The predicted molar refractivity (Wildman–Crippen MR) is 101 cm³/mol. The molecule has 142 valence electrons. The van der Waals surface area contributed by atoms with E-state index in [9.17, 15) is 13.2 Å². The van der Waals surface area contributed by atoms with Crippen molar-refractivity contribution in [2.45, 2.75) is 44.9 Å². The fraction of sp³-hybridized carbons (Fsp3) is 0.750. The molecule has 1 aliphatic heterocycles. The number of alkyl halides is 3. The van der Waals surface area contributed by atoms with E-state index in [0.717, 1.165) is 35.5 Å². The molecule has 1 N–H and O–H groups in total. The van der Waals surface area contributed by atoms with E-state index >= 15 is 0 Å². The quantitative estimate of drug-likeness (QED) is 0.419. The SMILES string of the molecule is CN=C(NCc1nccn1CC(F)(F)F)N1CC2CCCCC2C1.I. The summed E-state index contributed by atoms with van der Waals surface area (Å²) in [6.45, 7) is 1.20. The van der Waals surface area contributed by atoms with E-state index in [1.54, 1.807) is 7.05 Å². The molecule has 1 aromatic heterocycles. The van der Waals surface area contributed by atoms with Gasteiger partial charge in [-0.3, -0.25) is 4.99 Å². The lowest BCUT2D eigenvalue weighted by atomic mass is 9.82. The number of nitrogens with one attached hydrogen (secondary N) is 1. The molecule has 0 amide bonds. The number of likely N-dealkylation sites (tertiary alicyclic amines) is 1. The molecular weight excluding hydrogens is 446 g/mol. The van der Waals surface area contributed by atoms with E-state index in [-0.39, 0.29) is 30.5 Å². The van der Waals surface area contributed by atoms with Gasteiger partial charge in [-0.05, 0) is 24.7 Å². The Bertz CT molecular complexity index is 573. The Balaban J connectivity index is 0.00000225. The Labute approximate surface area is 163 Å². The normalized spacial score (nSPS) is 24.0. The maximum absolute atomic E-state index is 12.6. The number of nitrogens with zero attached hydrogens (tertiary/aromatic N) is 4. The maximum Gasteiger partial charge on any atom is 0.406 e. The molecular formula is C16H25F3IN5. The predicted octanol–water partition coefficient (Wildman–Crippen LogP) is 3.26. The van der Waals surface area contributed by atoms with Crippen LogP contribution in [0.1, 0.15) is 31.5 Å². The highest BCUT2D eigenvalue weighted by Gasteiger charge is 2.35. The Hall–Kier alpha value is -1.00. The Kier molecular flexibility index (Phi) is 6.98. The number of aromatic nitrogens is 2. The average Bonchev–Trinajstić information content (AvgIpc) is 3.13. The Morgan fingerprint density at radius 3 is 2.48 bits per heavy atom. The maximum atomic E-state index is 12.6. The summed E-state index contributed by atoms with van der Waals surface area (Å²) in [6.07, 6.45) is 3.66. The second-order valence-corrected chi connectivity index (χ2v) is 6.70. The number of rotatable bonds is 3. The lowest BCUT2D eigenvalue weighted by Crippen LogP contribution is -2.40. The first kappa shape index (κ1) is 20.3. The summed E-state index contributed by atoms with van der Waals surface area (Å²) in [5.41, 5.74) is 0. The van der Waals surface area contributed by atoms with Gasteiger partial charge in [0.1, 0.15) is 12.4 Å². The molecule has 1 aromatic rings. The van der Waals surface area contributed by atoms with Crippen LogP contribution in [0.2, 0.25) is 0 Å². The van der Waals surface area contributed by atoms with E-state index in [1.807, 2.05) is 0 Å². The number of guanidine groups is 1. The molecule has 2 heterocycles. The van der Waals surface area contributed by atoms with Gasteiger partial charge >= 0.3 is 6.18 Å². The highest BCUT2D eigenvalue weighted by molar-refractivity contribution is 14.0. The zero-order valence-corrected chi connectivity index (χ0v) is 16.6. The van der Waals surface area contributed by atoms with Crippen LogP contribution in [0.4, 0.5) is 13.2 Å². The number of hydrogen-bond donors (Lipinski definition) is 1. The molecule has 2 aliphatic rings. The molecule has 3 rings (SSSR count). The van der Waals surface area contributed by atoms with E-state index in [0.29, 0.717) is 5.82 Å². The van der Waals surface area contributed by atoms with Gasteiger partial charge in [-0.1, -0.05) is 12.8 Å². The van der Waals surface area contributed by atoms with Crippen LogP contribution in [0.3, 0.4) is 0 Å². The van der Waals surface area contributed by atoms with Crippen molar-refractivity contribution >= 4 is 29.9 Å². The third-order valence-corrected chi connectivity index (χ3v) is 5.04. The third-order valence-electron chi connectivity index (χ3n) is 5.04. The lowest BCUT2D eigenvalue weighted by molar-refractivity contribution is -0.141. The van der Waals surface area contributed by atoms with Crippen LogP contribution in [-0.2, 0) is 13.1 Å². The van der Waals surface area contributed by atoms with Crippen LogP contribution in [-0.4, -0.2) is 46.7 Å². The van der Waals surface area contributed by atoms with Gasteiger partial charge in [0.15, 0.2) is 5.96 Å². The highest BCUT2D eigenvalue weighted by Crippen LogP contribution is 2.35. The molecule has 2 fully saturated rings. The monoisotopic (exact) mass is 471 g/mol. The van der Waals surface area contributed by atoms with Crippen LogP contribution < -0.4 is 5.32 Å². The van der Waals surface area contributed by atoms with Gasteiger partial charge in [-0.15, -0.1) is 24.0 Å². The summed E-state index contributed by atoms with van der Waals surface area (Å²) in [4.78, 5) is 10.6. The minimum Gasteiger partial charge on any atom is -0.349 e. The molecule has 0 bridgehead atoms. The van der Waals surface area contributed by atoms with Gasteiger partial charge in [0, 0.05) is 32.5 Å². The standard InChI is InChI=1S/C16H24F3N5.HI/c1-20-15(24-9-12-4-2-3-5-13(12)10-24)22-8-14-21-6-7-23(14)11-16(17,18)19;/h6-7,12-13H,2-5,8-11H2,1H3,(H,20,22);1H. The zero-order valence-electron chi connectivity index (χ0n) is 14.3. The summed E-state index contributed by atoms with van der Waals surface area (Å²) in [7, 11) is 1.71. The first-order chi connectivity index (χ1) is 11.5. The fourth-order valence-electron chi connectivity index (χ4n) is 3.91. The number of hydrogen-bond acceptors (Lipinski definition) is 2. The summed E-state index contributed by atoms with van der Waals surface area (Å²) >= 11 is 0. The molecule has 1 saturated heterocycles. The third kappa shape index (κ3) is 5.24. The van der Waals surface area contributed by atoms with Crippen molar-refractivity contribution in [2.75, 3.05) is 20.1 Å². The summed E-state index contributed by atoms with van der Waals surface area (Å²) in [5.74, 6) is 2.57. The van der Waals surface area contributed by atoms with Crippen molar-refractivity contribution < 1.29 is 13.2 Å². The fourth-order valence-corrected chi connectivity index (χ4v) is 3.91. The van der Waals surface area contributed by atoms with Crippen LogP contribution in [0.5, 0.6) is 0 Å². The molecule has 1 aliphatic carbocycles. The molecule has 25 heavy (non-hydrogen) atoms. The first-order valence-corrected chi connectivity index (χ1v) is 8.48. The van der Waals surface area contributed by atoms with Gasteiger partial charge in [0.25, 0.3) is 0 Å². The number of fused-ring (bicyclic) bond motifs is 1. The van der Waals surface area contributed by atoms with Crippen LogP contribution in [0, 0.1) is 11.8 Å². The Morgan fingerprint density at radius 2 is 1.92 bits per heavy atom. The van der Waals surface area contributed by atoms with Gasteiger partial charge in [-0.2, -0.15) is 13.2 Å². The molecule has 0 spiro atoms. The molecule has 1 saturated carbocycles. The summed E-state index contributed by atoms with van der Waals surface area (Å²) < 4.78 is 38.9. The second-order valence-electron chi connectivity index (χ2n) is 6.70. The smallest absolute Gasteiger partial charge is 0.349 e. The molecule has 5 nitrogen and oxygen atoms in total. The van der Waals surface area contributed by atoms with Crippen molar-refractivity contribution in [2.24, 2.45) is 16.8 Å². The zero-order chi connectivity index (χ0) is 17.2. The lowest BCUT2D eigenvalue weighted by Gasteiger charge is -2.22. The first-order valence-electron chi connectivity index (χ1n) is 8.48. The molecule has 2 atom stereocenters. The minimum atomic E-state index is -4.25. The second kappa shape index (κ2) is 8.59. The largest absolute Gasteiger partial charge is 0.406 e. The van der Waals surface area contributed by atoms with E-state index in [2.05, 4.69) is 20.2 Å². The van der Waals surface area contributed by atoms with Crippen molar-refractivity contribution in [3.63, 3.8) is 0 Å². The van der Waals surface area contributed by atoms with Crippen molar-refractivity contribution in [1.82, 2.24) is 19.8 Å². The molecule has 9 heteroatoms.